The quantitative estimate of drug-likeness (QED) is 0.651. The fourth-order valence-corrected chi connectivity index (χ4v) is 2.79. The molecule has 3 aromatic rings. The molecule has 0 aliphatic carbocycles. The van der Waals surface area contributed by atoms with Crippen LogP contribution in [0.4, 0.5) is 0 Å². The predicted octanol–water partition coefficient (Wildman–Crippen LogP) is 2.98. The van der Waals surface area contributed by atoms with E-state index in [1.54, 1.807) is 18.4 Å². The van der Waals surface area contributed by atoms with Crippen LogP contribution in [0.2, 0.25) is 0 Å². The minimum Gasteiger partial charge on any atom is -0.467 e. The summed E-state index contributed by atoms with van der Waals surface area (Å²) >= 11 is 0. The third-order valence-electron chi connectivity index (χ3n) is 4.28. The molecule has 144 valence electrons. The third kappa shape index (κ3) is 5.26. The molecule has 0 saturated carbocycles. The van der Waals surface area contributed by atoms with Crippen molar-refractivity contribution < 1.29 is 14.0 Å². The number of amides is 2. The van der Waals surface area contributed by atoms with E-state index in [0.29, 0.717) is 5.76 Å². The molecule has 0 bridgehead atoms. The SMILES string of the molecule is CC(NC(=O)CCN(Cc1ccco1)C(=O)c1cnccn1)c1ccccc1. The van der Waals surface area contributed by atoms with Gasteiger partial charge in [0.25, 0.3) is 5.91 Å². The van der Waals surface area contributed by atoms with Gasteiger partial charge in [-0.1, -0.05) is 30.3 Å². The van der Waals surface area contributed by atoms with E-state index in [4.69, 9.17) is 4.42 Å². The molecule has 3 rings (SSSR count). The van der Waals surface area contributed by atoms with E-state index < -0.39 is 0 Å². The van der Waals surface area contributed by atoms with Crippen LogP contribution in [0.1, 0.15) is 41.2 Å². The molecule has 2 aromatic heterocycles. The van der Waals surface area contributed by atoms with Gasteiger partial charge < -0.3 is 14.6 Å². The van der Waals surface area contributed by atoms with Crippen molar-refractivity contribution in [2.24, 2.45) is 0 Å². The number of aromatic nitrogens is 2. The molecule has 1 atom stereocenters. The van der Waals surface area contributed by atoms with Crippen molar-refractivity contribution >= 4 is 11.8 Å². The van der Waals surface area contributed by atoms with E-state index in [-0.39, 0.29) is 43.1 Å². The van der Waals surface area contributed by atoms with Gasteiger partial charge in [-0.25, -0.2) is 4.98 Å². The second-order valence-corrected chi connectivity index (χ2v) is 6.35. The van der Waals surface area contributed by atoms with Crippen molar-refractivity contribution in [2.45, 2.75) is 25.9 Å². The third-order valence-corrected chi connectivity index (χ3v) is 4.28. The molecular weight excluding hydrogens is 356 g/mol. The maximum absolute atomic E-state index is 12.8. The lowest BCUT2D eigenvalue weighted by molar-refractivity contribution is -0.122. The van der Waals surface area contributed by atoms with Crippen molar-refractivity contribution in [3.8, 4) is 0 Å². The lowest BCUT2D eigenvalue weighted by Gasteiger charge is -2.22. The summed E-state index contributed by atoms with van der Waals surface area (Å²) < 4.78 is 5.35. The van der Waals surface area contributed by atoms with Crippen molar-refractivity contribution in [3.63, 3.8) is 0 Å². The summed E-state index contributed by atoms with van der Waals surface area (Å²) in [5, 5.41) is 2.96. The average Bonchev–Trinajstić information content (AvgIpc) is 3.25. The van der Waals surface area contributed by atoms with Gasteiger partial charge in [-0.3, -0.25) is 14.6 Å². The summed E-state index contributed by atoms with van der Waals surface area (Å²) in [6.45, 7) is 2.42. The Morgan fingerprint density at radius 3 is 2.64 bits per heavy atom. The first-order valence-corrected chi connectivity index (χ1v) is 9.05. The second kappa shape index (κ2) is 9.45. The molecule has 28 heavy (non-hydrogen) atoms. The van der Waals surface area contributed by atoms with E-state index in [1.165, 1.54) is 23.5 Å². The zero-order chi connectivity index (χ0) is 19.8. The van der Waals surface area contributed by atoms with Crippen LogP contribution >= 0.6 is 0 Å². The van der Waals surface area contributed by atoms with E-state index in [2.05, 4.69) is 15.3 Å². The molecule has 1 unspecified atom stereocenters. The summed E-state index contributed by atoms with van der Waals surface area (Å²) in [4.78, 5) is 34.7. The van der Waals surface area contributed by atoms with Crippen LogP contribution in [0.15, 0.2) is 71.7 Å². The fraction of sp³-hybridized carbons (Fsp3) is 0.238. The standard InChI is InChI=1S/C21H22N4O3/c1-16(17-6-3-2-4-7-17)24-20(26)9-12-25(15-18-8-5-13-28-18)21(27)19-14-22-10-11-23-19/h2-8,10-11,13-14,16H,9,12,15H2,1H3,(H,24,26). The second-order valence-electron chi connectivity index (χ2n) is 6.35. The number of nitrogens with zero attached hydrogens (tertiary/aromatic N) is 3. The smallest absolute Gasteiger partial charge is 0.274 e. The monoisotopic (exact) mass is 378 g/mol. The van der Waals surface area contributed by atoms with Crippen LogP contribution in [0.25, 0.3) is 0 Å². The molecular formula is C21H22N4O3. The Bertz CT molecular complexity index is 883. The predicted molar refractivity (Wildman–Crippen MR) is 103 cm³/mol. The minimum atomic E-state index is -0.298. The number of carbonyl (C=O) groups excluding carboxylic acids is 2. The lowest BCUT2D eigenvalue weighted by Crippen LogP contribution is -2.36. The van der Waals surface area contributed by atoms with Gasteiger partial charge in [-0.05, 0) is 24.6 Å². The van der Waals surface area contributed by atoms with Gasteiger partial charge in [0.05, 0.1) is 25.0 Å². The van der Waals surface area contributed by atoms with E-state index >= 15 is 0 Å². The number of rotatable bonds is 8. The molecule has 7 heteroatoms. The first kappa shape index (κ1) is 19.3. The summed E-state index contributed by atoms with van der Waals surface area (Å²) in [6.07, 6.45) is 6.10. The highest BCUT2D eigenvalue weighted by Gasteiger charge is 2.20. The summed E-state index contributed by atoms with van der Waals surface area (Å²) in [6, 6.07) is 13.2. The van der Waals surface area contributed by atoms with Gasteiger partial charge in [0.15, 0.2) is 0 Å². The van der Waals surface area contributed by atoms with Crippen LogP contribution < -0.4 is 5.32 Å². The Labute approximate surface area is 163 Å². The highest BCUT2D eigenvalue weighted by Crippen LogP contribution is 2.13. The molecule has 0 spiro atoms. The zero-order valence-corrected chi connectivity index (χ0v) is 15.6. The highest BCUT2D eigenvalue weighted by molar-refractivity contribution is 5.92. The van der Waals surface area contributed by atoms with E-state index in [9.17, 15) is 9.59 Å². The lowest BCUT2D eigenvalue weighted by atomic mass is 10.1. The zero-order valence-electron chi connectivity index (χ0n) is 15.6. The van der Waals surface area contributed by atoms with Gasteiger partial charge in [0.2, 0.25) is 5.91 Å². The summed E-state index contributed by atoms with van der Waals surface area (Å²) in [5.41, 5.74) is 1.26. The molecule has 0 fully saturated rings. The maximum Gasteiger partial charge on any atom is 0.274 e. The summed E-state index contributed by atoms with van der Waals surface area (Å²) in [5.74, 6) is 0.205. The van der Waals surface area contributed by atoms with Crippen molar-refractivity contribution in [1.29, 1.82) is 0 Å². The molecule has 1 aromatic carbocycles. The number of benzene rings is 1. The highest BCUT2D eigenvalue weighted by atomic mass is 16.3. The molecule has 0 aliphatic heterocycles. The van der Waals surface area contributed by atoms with Crippen LogP contribution in [-0.4, -0.2) is 33.2 Å². The van der Waals surface area contributed by atoms with Crippen LogP contribution in [0, 0.1) is 0 Å². The number of hydrogen-bond donors (Lipinski definition) is 1. The minimum absolute atomic E-state index is 0.108. The van der Waals surface area contributed by atoms with E-state index in [0.717, 1.165) is 5.56 Å². The molecule has 0 saturated heterocycles. The molecule has 1 N–H and O–H groups in total. The van der Waals surface area contributed by atoms with Gasteiger partial charge in [-0.15, -0.1) is 0 Å². The van der Waals surface area contributed by atoms with Gasteiger partial charge in [0.1, 0.15) is 11.5 Å². The van der Waals surface area contributed by atoms with Gasteiger partial charge in [0, 0.05) is 25.4 Å². The van der Waals surface area contributed by atoms with E-state index in [1.807, 2.05) is 37.3 Å². The molecule has 2 amide bonds. The number of nitrogens with one attached hydrogen (secondary N) is 1. The largest absolute Gasteiger partial charge is 0.467 e. The Balaban J connectivity index is 1.62. The molecule has 0 radical (unpaired) electrons. The van der Waals surface area contributed by atoms with Crippen LogP contribution in [0.3, 0.4) is 0 Å². The first-order valence-electron chi connectivity index (χ1n) is 9.05. The average molecular weight is 378 g/mol. The fourth-order valence-electron chi connectivity index (χ4n) is 2.79. The van der Waals surface area contributed by atoms with Crippen LogP contribution in [0.5, 0.6) is 0 Å². The van der Waals surface area contributed by atoms with Crippen molar-refractivity contribution in [2.75, 3.05) is 6.54 Å². The molecule has 2 heterocycles. The van der Waals surface area contributed by atoms with Gasteiger partial charge >= 0.3 is 0 Å². The Hall–Kier alpha value is -3.48. The Morgan fingerprint density at radius 1 is 1.14 bits per heavy atom. The van der Waals surface area contributed by atoms with Gasteiger partial charge in [-0.2, -0.15) is 0 Å². The Morgan fingerprint density at radius 2 is 1.96 bits per heavy atom. The normalized spacial score (nSPS) is 11.6. The van der Waals surface area contributed by atoms with Crippen LogP contribution in [-0.2, 0) is 11.3 Å². The van der Waals surface area contributed by atoms with Crippen molar-refractivity contribution in [1.82, 2.24) is 20.2 Å². The summed E-state index contributed by atoms with van der Waals surface area (Å²) in [7, 11) is 0. The molecule has 0 aliphatic rings. The molecule has 7 nitrogen and oxygen atoms in total. The number of furan rings is 1. The number of carbonyl (C=O) groups is 2. The number of hydrogen-bond acceptors (Lipinski definition) is 5. The Kier molecular flexibility index (Phi) is 6.51. The topological polar surface area (TPSA) is 88.3 Å². The van der Waals surface area contributed by atoms with Crippen molar-refractivity contribution in [3.05, 3.63) is 84.3 Å². The maximum atomic E-state index is 12.8. The first-order chi connectivity index (χ1) is 13.6.